The van der Waals surface area contributed by atoms with Crippen LogP contribution in [0.4, 0.5) is 0 Å². The van der Waals surface area contributed by atoms with Gasteiger partial charge >= 0.3 is 0 Å². The van der Waals surface area contributed by atoms with Crippen LogP contribution in [0, 0.1) is 0 Å². The summed E-state index contributed by atoms with van der Waals surface area (Å²) in [5.74, 6) is 0.870. The Balaban J connectivity index is 1.48. The van der Waals surface area contributed by atoms with Crippen molar-refractivity contribution in [3.05, 3.63) is 71.9 Å². The first-order valence-corrected chi connectivity index (χ1v) is 9.87. The number of pyridine rings is 1. The van der Waals surface area contributed by atoms with E-state index in [0.29, 0.717) is 12.7 Å². The summed E-state index contributed by atoms with van der Waals surface area (Å²) in [5.41, 5.74) is 3.07. The van der Waals surface area contributed by atoms with E-state index in [4.69, 9.17) is 14.2 Å². The minimum Gasteiger partial charge on any atom is -0.489 e. The summed E-state index contributed by atoms with van der Waals surface area (Å²) in [7, 11) is 3.60. The topological polar surface area (TPSA) is 40.6 Å². The van der Waals surface area contributed by atoms with E-state index in [1.54, 1.807) is 7.11 Å². The summed E-state index contributed by atoms with van der Waals surface area (Å²) >= 11 is 0. The van der Waals surface area contributed by atoms with Crippen LogP contribution in [-0.4, -0.2) is 25.3 Å². The number of aromatic nitrogens is 1. The highest BCUT2D eigenvalue weighted by atomic mass is 16.5. The fourth-order valence-corrected chi connectivity index (χ4v) is 4.15. The van der Waals surface area contributed by atoms with Gasteiger partial charge in [0, 0.05) is 25.8 Å². The van der Waals surface area contributed by atoms with E-state index in [1.165, 1.54) is 5.56 Å². The van der Waals surface area contributed by atoms with Gasteiger partial charge in [0.05, 0.1) is 17.2 Å². The summed E-state index contributed by atoms with van der Waals surface area (Å²) in [6, 6.07) is 18.6. The Morgan fingerprint density at radius 1 is 1.00 bits per heavy atom. The van der Waals surface area contributed by atoms with Crippen LogP contribution in [0.3, 0.4) is 0 Å². The molecule has 2 aromatic carbocycles. The molecule has 3 aromatic rings. The molecule has 28 heavy (non-hydrogen) atoms. The molecule has 1 fully saturated rings. The molecule has 1 aliphatic rings. The Kier molecular flexibility index (Phi) is 5.60. The maximum atomic E-state index is 6.10. The predicted octanol–water partition coefficient (Wildman–Crippen LogP) is 5.24. The lowest BCUT2D eigenvalue weighted by molar-refractivity contribution is -0.0762. The highest BCUT2D eigenvalue weighted by Crippen LogP contribution is 2.41. The number of fused-ring (bicyclic) bond motifs is 1. The van der Waals surface area contributed by atoms with Gasteiger partial charge in [0.1, 0.15) is 12.4 Å². The highest BCUT2D eigenvalue weighted by Gasteiger charge is 2.37. The van der Waals surface area contributed by atoms with Crippen molar-refractivity contribution in [1.82, 2.24) is 4.98 Å². The molecular weight excluding hydrogens is 350 g/mol. The van der Waals surface area contributed by atoms with Crippen molar-refractivity contribution in [2.75, 3.05) is 14.2 Å². The Morgan fingerprint density at radius 2 is 1.86 bits per heavy atom. The van der Waals surface area contributed by atoms with Crippen LogP contribution in [0.15, 0.2) is 60.8 Å². The Bertz CT molecular complexity index is 932. The number of hydrogen-bond acceptors (Lipinski definition) is 4. The summed E-state index contributed by atoms with van der Waals surface area (Å²) < 4.78 is 17.6. The molecule has 0 atom stereocenters. The van der Waals surface area contributed by atoms with Gasteiger partial charge in [-0.2, -0.15) is 0 Å². The molecule has 0 spiro atoms. The lowest BCUT2D eigenvalue weighted by atomic mass is 9.78. The smallest absolute Gasteiger partial charge is 0.120 e. The van der Waals surface area contributed by atoms with Gasteiger partial charge in [-0.1, -0.05) is 24.3 Å². The zero-order valence-electron chi connectivity index (χ0n) is 16.6. The normalized spacial score (nSPS) is 22.3. The van der Waals surface area contributed by atoms with E-state index in [2.05, 4.69) is 41.4 Å². The van der Waals surface area contributed by atoms with Gasteiger partial charge in [0.15, 0.2) is 0 Å². The van der Waals surface area contributed by atoms with Gasteiger partial charge in [0.2, 0.25) is 0 Å². The fourth-order valence-electron chi connectivity index (χ4n) is 4.15. The van der Waals surface area contributed by atoms with Crippen molar-refractivity contribution in [2.45, 2.75) is 44.0 Å². The van der Waals surface area contributed by atoms with E-state index in [1.807, 2.05) is 31.5 Å². The molecule has 0 aliphatic heterocycles. The maximum absolute atomic E-state index is 6.10. The van der Waals surface area contributed by atoms with Crippen LogP contribution >= 0.6 is 0 Å². The molecule has 0 unspecified atom stereocenters. The van der Waals surface area contributed by atoms with Crippen LogP contribution in [0.1, 0.15) is 36.8 Å². The molecule has 4 nitrogen and oxygen atoms in total. The minimum absolute atomic E-state index is 0.247. The number of methoxy groups -OCH3 is 2. The van der Waals surface area contributed by atoms with Gasteiger partial charge in [-0.25, -0.2) is 0 Å². The Morgan fingerprint density at radius 3 is 2.64 bits per heavy atom. The Labute approximate surface area is 166 Å². The van der Waals surface area contributed by atoms with Gasteiger partial charge in [0.25, 0.3) is 0 Å². The second-order valence-corrected chi connectivity index (χ2v) is 7.48. The lowest BCUT2D eigenvalue weighted by Gasteiger charge is -2.39. The molecular formula is C24H27NO3. The predicted molar refractivity (Wildman–Crippen MR) is 110 cm³/mol. The van der Waals surface area contributed by atoms with Crippen LogP contribution in [0.5, 0.6) is 5.75 Å². The molecule has 0 saturated heterocycles. The lowest BCUT2D eigenvalue weighted by Crippen LogP contribution is -2.35. The van der Waals surface area contributed by atoms with Gasteiger partial charge in [-0.15, -0.1) is 0 Å². The van der Waals surface area contributed by atoms with E-state index in [9.17, 15) is 0 Å². The first-order chi connectivity index (χ1) is 13.7. The number of nitrogens with zero attached hydrogens (tertiary/aromatic N) is 1. The van der Waals surface area contributed by atoms with Crippen LogP contribution in [0.25, 0.3) is 10.9 Å². The molecule has 0 bridgehead atoms. The molecule has 0 amide bonds. The van der Waals surface area contributed by atoms with Gasteiger partial charge in [-0.05, 0) is 67.1 Å². The largest absolute Gasteiger partial charge is 0.489 e. The van der Waals surface area contributed by atoms with Gasteiger partial charge in [-0.3, -0.25) is 4.98 Å². The fraction of sp³-hybridized carbons (Fsp3) is 0.375. The summed E-state index contributed by atoms with van der Waals surface area (Å²) in [6.07, 6.45) is 6.11. The minimum atomic E-state index is -0.247. The van der Waals surface area contributed by atoms with Crippen molar-refractivity contribution >= 4 is 10.9 Å². The molecule has 1 heterocycles. The molecule has 1 aromatic heterocycles. The standard InChI is InChI=1S/C24H27NO3/c1-26-21-10-12-24(27-2,13-11-21)20-6-3-7-22(16-20)28-17-18-8-9-23-19(15-18)5-4-14-25-23/h3-9,14-16,21H,10-13,17H2,1-2H3. The maximum Gasteiger partial charge on any atom is 0.120 e. The van der Waals surface area contributed by atoms with E-state index < -0.39 is 0 Å². The first-order valence-electron chi connectivity index (χ1n) is 9.87. The number of rotatable bonds is 6. The van der Waals surface area contributed by atoms with Crippen molar-refractivity contribution in [3.8, 4) is 5.75 Å². The average molecular weight is 377 g/mol. The van der Waals surface area contributed by atoms with E-state index in [0.717, 1.165) is 47.9 Å². The number of ether oxygens (including phenoxy) is 3. The van der Waals surface area contributed by atoms with Crippen molar-refractivity contribution in [1.29, 1.82) is 0 Å². The summed E-state index contributed by atoms with van der Waals surface area (Å²) in [6.45, 7) is 0.528. The second kappa shape index (κ2) is 8.29. The molecule has 0 radical (unpaired) electrons. The van der Waals surface area contributed by atoms with Crippen molar-refractivity contribution in [2.24, 2.45) is 0 Å². The van der Waals surface area contributed by atoms with Crippen LogP contribution in [0.2, 0.25) is 0 Å². The van der Waals surface area contributed by atoms with Gasteiger partial charge < -0.3 is 14.2 Å². The number of benzene rings is 2. The third kappa shape index (κ3) is 3.89. The average Bonchev–Trinajstić information content (AvgIpc) is 2.78. The van der Waals surface area contributed by atoms with Crippen LogP contribution < -0.4 is 4.74 Å². The molecule has 1 aliphatic carbocycles. The van der Waals surface area contributed by atoms with Crippen LogP contribution in [-0.2, 0) is 21.7 Å². The zero-order valence-corrected chi connectivity index (χ0v) is 16.6. The quantitative estimate of drug-likeness (QED) is 0.589. The van der Waals surface area contributed by atoms with Crippen molar-refractivity contribution < 1.29 is 14.2 Å². The second-order valence-electron chi connectivity index (χ2n) is 7.48. The zero-order chi connectivity index (χ0) is 19.4. The van der Waals surface area contributed by atoms with E-state index >= 15 is 0 Å². The molecule has 4 heteroatoms. The van der Waals surface area contributed by atoms with E-state index in [-0.39, 0.29) is 5.60 Å². The molecule has 0 N–H and O–H groups in total. The van der Waals surface area contributed by atoms with Crippen molar-refractivity contribution in [3.63, 3.8) is 0 Å². The monoisotopic (exact) mass is 377 g/mol. The SMILES string of the molecule is COC1CCC(OC)(c2cccc(OCc3ccc4ncccc4c3)c2)CC1. The third-order valence-corrected chi connectivity index (χ3v) is 5.90. The highest BCUT2D eigenvalue weighted by molar-refractivity contribution is 5.78. The Hall–Kier alpha value is -2.43. The molecule has 4 rings (SSSR count). The first kappa shape index (κ1) is 18.9. The molecule has 1 saturated carbocycles. The number of hydrogen-bond donors (Lipinski definition) is 0. The third-order valence-electron chi connectivity index (χ3n) is 5.90. The molecule has 146 valence electrons. The summed E-state index contributed by atoms with van der Waals surface area (Å²) in [5, 5.41) is 1.13. The summed E-state index contributed by atoms with van der Waals surface area (Å²) in [4.78, 5) is 4.37.